The zero-order chi connectivity index (χ0) is 11.8. The molecule has 0 amide bonds. The molecule has 0 aliphatic heterocycles. The number of rotatable bonds is 3. The van der Waals surface area contributed by atoms with Crippen LogP contribution in [-0.4, -0.2) is 25.3 Å². The maximum atomic E-state index is 6.35. The van der Waals surface area contributed by atoms with Crippen molar-refractivity contribution in [3.63, 3.8) is 0 Å². The van der Waals surface area contributed by atoms with E-state index in [0.717, 1.165) is 5.92 Å². The molecule has 2 fully saturated rings. The number of hydrogen-bond donors (Lipinski definition) is 1. The van der Waals surface area contributed by atoms with Gasteiger partial charge >= 0.3 is 0 Å². The first-order chi connectivity index (χ1) is 7.55. The molecule has 0 aromatic heterocycles. The van der Waals surface area contributed by atoms with Gasteiger partial charge in [0.05, 0.1) is 12.2 Å². The summed E-state index contributed by atoms with van der Waals surface area (Å²) in [4.78, 5) is 0. The second-order valence-electron chi connectivity index (χ2n) is 6.32. The Morgan fingerprint density at radius 1 is 1.19 bits per heavy atom. The largest absolute Gasteiger partial charge is 0.374 e. The molecule has 0 saturated heterocycles. The third-order valence-electron chi connectivity index (χ3n) is 4.90. The molecule has 0 aromatic carbocycles. The van der Waals surface area contributed by atoms with E-state index in [0.29, 0.717) is 23.7 Å². The minimum atomic E-state index is 0.311. The predicted molar refractivity (Wildman–Crippen MR) is 67.5 cm³/mol. The highest BCUT2D eigenvalue weighted by atomic mass is 16.5. The average Bonchev–Trinajstić information content (AvgIpc) is 2.26. The van der Waals surface area contributed by atoms with Crippen LogP contribution in [0.25, 0.3) is 0 Å². The van der Waals surface area contributed by atoms with Gasteiger partial charge in [-0.3, -0.25) is 0 Å². The Hall–Kier alpha value is -0.0800. The summed E-state index contributed by atoms with van der Waals surface area (Å²) in [5.41, 5.74) is 0.311. The molecule has 0 aromatic rings. The molecule has 2 aliphatic carbocycles. The molecule has 4 atom stereocenters. The summed E-state index contributed by atoms with van der Waals surface area (Å²) in [5.74, 6) is 0.762. The number of ether oxygens (including phenoxy) is 1. The molecule has 0 bridgehead atoms. The van der Waals surface area contributed by atoms with Gasteiger partial charge in [0.2, 0.25) is 0 Å². The van der Waals surface area contributed by atoms with Crippen molar-refractivity contribution >= 4 is 0 Å². The van der Waals surface area contributed by atoms with Crippen molar-refractivity contribution in [2.24, 2.45) is 11.3 Å². The Balaban J connectivity index is 1.86. The highest BCUT2D eigenvalue weighted by Crippen LogP contribution is 2.44. The maximum absolute atomic E-state index is 6.35. The Morgan fingerprint density at radius 3 is 2.44 bits per heavy atom. The second kappa shape index (κ2) is 4.66. The van der Waals surface area contributed by atoms with Crippen molar-refractivity contribution in [2.45, 2.75) is 71.1 Å². The van der Waals surface area contributed by atoms with Crippen molar-refractivity contribution < 1.29 is 4.74 Å². The van der Waals surface area contributed by atoms with Crippen LogP contribution >= 0.6 is 0 Å². The first-order valence-corrected chi connectivity index (χ1v) is 6.88. The van der Waals surface area contributed by atoms with Crippen LogP contribution in [0.3, 0.4) is 0 Å². The van der Waals surface area contributed by atoms with Gasteiger partial charge in [0, 0.05) is 11.5 Å². The van der Waals surface area contributed by atoms with Gasteiger partial charge in [0.15, 0.2) is 0 Å². The van der Waals surface area contributed by atoms with Crippen molar-refractivity contribution in [3.8, 4) is 0 Å². The third-order valence-corrected chi connectivity index (χ3v) is 4.90. The van der Waals surface area contributed by atoms with Crippen LogP contribution in [0.2, 0.25) is 0 Å². The van der Waals surface area contributed by atoms with Gasteiger partial charge in [0.1, 0.15) is 0 Å². The van der Waals surface area contributed by atoms with Crippen LogP contribution in [0.4, 0.5) is 0 Å². The Morgan fingerprint density at radius 2 is 1.88 bits per heavy atom. The molecule has 0 heterocycles. The first-order valence-electron chi connectivity index (χ1n) is 6.88. The number of hydrogen-bond acceptors (Lipinski definition) is 2. The van der Waals surface area contributed by atoms with Gasteiger partial charge in [-0.05, 0) is 32.2 Å². The molecule has 2 rings (SSSR count). The van der Waals surface area contributed by atoms with E-state index in [1.807, 2.05) is 0 Å². The molecular formula is C14H27NO. The van der Waals surface area contributed by atoms with Crippen LogP contribution < -0.4 is 5.32 Å². The van der Waals surface area contributed by atoms with E-state index in [1.165, 1.54) is 32.1 Å². The van der Waals surface area contributed by atoms with Gasteiger partial charge < -0.3 is 10.1 Å². The summed E-state index contributed by atoms with van der Waals surface area (Å²) >= 11 is 0. The third kappa shape index (κ3) is 2.14. The molecule has 2 nitrogen and oxygen atoms in total. The first kappa shape index (κ1) is 12.4. The molecule has 2 saturated carbocycles. The summed E-state index contributed by atoms with van der Waals surface area (Å²) < 4.78 is 6.35. The van der Waals surface area contributed by atoms with Crippen molar-refractivity contribution in [1.29, 1.82) is 0 Å². The zero-order valence-electron chi connectivity index (χ0n) is 11.3. The van der Waals surface area contributed by atoms with Crippen molar-refractivity contribution in [2.75, 3.05) is 7.05 Å². The summed E-state index contributed by atoms with van der Waals surface area (Å²) in [7, 11) is 2.06. The maximum Gasteiger partial charge on any atom is 0.0659 e. The quantitative estimate of drug-likeness (QED) is 0.797. The normalized spacial score (nSPS) is 42.8. The molecule has 0 spiro atoms. The molecular weight excluding hydrogens is 198 g/mol. The summed E-state index contributed by atoms with van der Waals surface area (Å²) in [6, 6.07) is 0.636. The topological polar surface area (TPSA) is 21.3 Å². The van der Waals surface area contributed by atoms with Gasteiger partial charge in [0.25, 0.3) is 0 Å². The molecule has 2 aliphatic rings. The average molecular weight is 225 g/mol. The van der Waals surface area contributed by atoms with E-state index < -0.39 is 0 Å². The van der Waals surface area contributed by atoms with E-state index in [4.69, 9.17) is 4.74 Å². The lowest BCUT2D eigenvalue weighted by molar-refractivity contribution is -0.164. The second-order valence-corrected chi connectivity index (χ2v) is 6.32. The standard InChI is InChI=1S/C14H27NO/c1-10-7-5-6-8-11(10)16-13-9-12(15-4)14(13,2)3/h10-13,15H,5-9H2,1-4H3. The van der Waals surface area contributed by atoms with Crippen LogP contribution in [-0.2, 0) is 4.74 Å². The zero-order valence-corrected chi connectivity index (χ0v) is 11.3. The monoisotopic (exact) mass is 225 g/mol. The highest BCUT2D eigenvalue weighted by Gasteiger charge is 2.49. The molecule has 0 radical (unpaired) electrons. The Kier molecular flexibility index (Phi) is 3.60. The van der Waals surface area contributed by atoms with E-state index >= 15 is 0 Å². The van der Waals surface area contributed by atoms with E-state index in [2.05, 4.69) is 33.1 Å². The van der Waals surface area contributed by atoms with Gasteiger partial charge in [-0.15, -0.1) is 0 Å². The fourth-order valence-electron chi connectivity index (χ4n) is 3.30. The molecule has 2 heteroatoms. The minimum Gasteiger partial charge on any atom is -0.374 e. The van der Waals surface area contributed by atoms with E-state index in [1.54, 1.807) is 0 Å². The van der Waals surface area contributed by atoms with Crippen LogP contribution in [0.15, 0.2) is 0 Å². The lowest BCUT2D eigenvalue weighted by Crippen LogP contribution is -2.61. The van der Waals surface area contributed by atoms with E-state index in [-0.39, 0.29) is 0 Å². The van der Waals surface area contributed by atoms with Crippen LogP contribution in [0, 0.1) is 11.3 Å². The van der Waals surface area contributed by atoms with Gasteiger partial charge in [-0.2, -0.15) is 0 Å². The smallest absolute Gasteiger partial charge is 0.0659 e. The minimum absolute atomic E-state index is 0.311. The molecule has 1 N–H and O–H groups in total. The lowest BCUT2D eigenvalue weighted by Gasteiger charge is -2.53. The van der Waals surface area contributed by atoms with Crippen LogP contribution in [0.1, 0.15) is 52.9 Å². The molecule has 4 unspecified atom stereocenters. The number of nitrogens with one attached hydrogen (secondary N) is 1. The Labute approximate surface area is 100 Å². The fourth-order valence-corrected chi connectivity index (χ4v) is 3.30. The predicted octanol–water partition coefficient (Wildman–Crippen LogP) is 2.97. The summed E-state index contributed by atoms with van der Waals surface area (Å²) in [6.07, 6.45) is 7.57. The summed E-state index contributed by atoms with van der Waals surface area (Å²) in [5, 5.41) is 3.39. The lowest BCUT2D eigenvalue weighted by atomic mass is 9.64. The SMILES string of the molecule is CNC1CC(OC2CCCCC2C)C1(C)C. The summed E-state index contributed by atoms with van der Waals surface area (Å²) in [6.45, 7) is 7.01. The van der Waals surface area contributed by atoms with E-state index in [9.17, 15) is 0 Å². The van der Waals surface area contributed by atoms with Crippen molar-refractivity contribution in [1.82, 2.24) is 5.32 Å². The van der Waals surface area contributed by atoms with Crippen molar-refractivity contribution in [3.05, 3.63) is 0 Å². The van der Waals surface area contributed by atoms with Gasteiger partial charge in [-0.1, -0.05) is 33.6 Å². The Bertz CT molecular complexity index is 239. The molecule has 16 heavy (non-hydrogen) atoms. The van der Waals surface area contributed by atoms with Gasteiger partial charge in [-0.25, -0.2) is 0 Å². The highest BCUT2D eigenvalue weighted by molar-refractivity contribution is 5.02. The van der Waals surface area contributed by atoms with Crippen LogP contribution in [0.5, 0.6) is 0 Å². The molecule has 94 valence electrons. The fraction of sp³-hybridized carbons (Fsp3) is 1.00.